The molecule has 0 spiro atoms. The Hall–Kier alpha value is -3.42. The van der Waals surface area contributed by atoms with E-state index in [4.69, 9.17) is 14.5 Å². The van der Waals surface area contributed by atoms with E-state index in [0.29, 0.717) is 23.1 Å². The molecule has 0 radical (unpaired) electrons. The second-order valence-corrected chi connectivity index (χ2v) is 9.14. The second kappa shape index (κ2) is 9.83. The van der Waals surface area contributed by atoms with Gasteiger partial charge in [-0.1, -0.05) is 36.4 Å². The van der Waals surface area contributed by atoms with Gasteiger partial charge in [-0.3, -0.25) is 15.0 Å². The van der Waals surface area contributed by atoms with Crippen LogP contribution >= 0.6 is 11.3 Å². The molecule has 3 aromatic carbocycles. The fourth-order valence-corrected chi connectivity index (χ4v) is 5.13. The lowest BCUT2D eigenvalue weighted by atomic mass is 9.99. The molecule has 1 aliphatic heterocycles. The van der Waals surface area contributed by atoms with Crippen LogP contribution in [0.4, 0.5) is 5.13 Å². The molecule has 1 N–H and O–H groups in total. The first-order valence-electron chi connectivity index (χ1n) is 11.4. The van der Waals surface area contributed by atoms with Crippen molar-refractivity contribution in [2.24, 2.45) is 0 Å². The minimum atomic E-state index is -0.206. The van der Waals surface area contributed by atoms with Crippen molar-refractivity contribution in [3.63, 3.8) is 0 Å². The van der Waals surface area contributed by atoms with Crippen molar-refractivity contribution in [3.8, 4) is 11.5 Å². The van der Waals surface area contributed by atoms with E-state index in [1.165, 1.54) is 22.5 Å². The van der Waals surface area contributed by atoms with Gasteiger partial charge >= 0.3 is 0 Å². The Balaban J connectivity index is 1.30. The molecular formula is C27H27N3O3S. The number of amides is 1. The molecule has 7 heteroatoms. The summed E-state index contributed by atoms with van der Waals surface area (Å²) in [7, 11) is 1.70. The fourth-order valence-electron chi connectivity index (χ4n) is 4.44. The van der Waals surface area contributed by atoms with Crippen LogP contribution in [0.3, 0.4) is 0 Å². The molecule has 0 atom stereocenters. The summed E-state index contributed by atoms with van der Waals surface area (Å²) in [5.41, 5.74) is 4.18. The highest BCUT2D eigenvalue weighted by atomic mass is 32.1. The predicted octanol–water partition coefficient (Wildman–Crippen LogP) is 5.51. The summed E-state index contributed by atoms with van der Waals surface area (Å²) in [5, 5.41) is 7.47. The number of ether oxygens (including phenoxy) is 2. The molecule has 0 bridgehead atoms. The highest BCUT2D eigenvalue weighted by Crippen LogP contribution is 2.30. The zero-order chi connectivity index (χ0) is 23.5. The quantitative estimate of drug-likeness (QED) is 0.383. The number of fused-ring (bicyclic) bond motifs is 2. The van der Waals surface area contributed by atoms with Gasteiger partial charge in [-0.25, -0.2) is 4.98 Å². The van der Waals surface area contributed by atoms with E-state index in [1.807, 2.05) is 54.8 Å². The van der Waals surface area contributed by atoms with Gasteiger partial charge in [0.15, 0.2) is 5.13 Å². The zero-order valence-electron chi connectivity index (χ0n) is 19.3. The van der Waals surface area contributed by atoms with Crippen molar-refractivity contribution < 1.29 is 14.3 Å². The van der Waals surface area contributed by atoms with Gasteiger partial charge in [0.2, 0.25) is 0 Å². The molecule has 0 unspecified atom stereocenters. The summed E-state index contributed by atoms with van der Waals surface area (Å²) in [6.07, 6.45) is 0.988. The minimum absolute atomic E-state index is 0.206. The van der Waals surface area contributed by atoms with E-state index in [0.717, 1.165) is 48.3 Å². The summed E-state index contributed by atoms with van der Waals surface area (Å²) in [6, 6.07) is 18.0. The van der Waals surface area contributed by atoms with Crippen LogP contribution in [-0.4, -0.2) is 36.1 Å². The maximum atomic E-state index is 13.3. The molecule has 2 heterocycles. The van der Waals surface area contributed by atoms with Crippen LogP contribution in [0.15, 0.2) is 60.0 Å². The van der Waals surface area contributed by atoms with Crippen molar-refractivity contribution in [2.45, 2.75) is 26.4 Å². The fraction of sp³-hybridized carbons (Fsp3) is 0.259. The smallest absolute Gasteiger partial charge is 0.261 e. The maximum Gasteiger partial charge on any atom is 0.261 e. The van der Waals surface area contributed by atoms with E-state index in [9.17, 15) is 4.79 Å². The topological polar surface area (TPSA) is 63.7 Å². The van der Waals surface area contributed by atoms with Crippen LogP contribution in [0.25, 0.3) is 10.8 Å². The Morgan fingerprint density at radius 3 is 2.88 bits per heavy atom. The van der Waals surface area contributed by atoms with Crippen molar-refractivity contribution in [1.82, 2.24) is 9.88 Å². The number of nitrogens with zero attached hydrogens (tertiary/aromatic N) is 2. The number of hydrogen-bond acceptors (Lipinski definition) is 6. The average molecular weight is 474 g/mol. The maximum absolute atomic E-state index is 13.3. The lowest BCUT2D eigenvalue weighted by Gasteiger charge is -2.28. The molecule has 1 aliphatic rings. The van der Waals surface area contributed by atoms with Crippen molar-refractivity contribution in [1.29, 1.82) is 0 Å². The Labute approximate surface area is 203 Å². The molecule has 0 fully saturated rings. The van der Waals surface area contributed by atoms with Gasteiger partial charge in [0.25, 0.3) is 5.91 Å². The number of nitrogens with one attached hydrogen (secondary N) is 1. The number of hydrogen-bond donors (Lipinski definition) is 1. The van der Waals surface area contributed by atoms with Gasteiger partial charge in [0.1, 0.15) is 11.5 Å². The number of thiazole rings is 1. The first kappa shape index (κ1) is 22.4. The number of carbonyl (C=O) groups is 1. The third-order valence-corrected chi connectivity index (χ3v) is 6.89. The zero-order valence-corrected chi connectivity index (χ0v) is 20.2. The number of aromatic nitrogens is 1. The molecule has 5 rings (SSSR count). The van der Waals surface area contributed by atoms with Crippen LogP contribution in [0.2, 0.25) is 0 Å². The van der Waals surface area contributed by atoms with Crippen molar-refractivity contribution >= 4 is 33.1 Å². The van der Waals surface area contributed by atoms with E-state index in [2.05, 4.69) is 22.3 Å². The number of anilines is 1. The van der Waals surface area contributed by atoms with Crippen LogP contribution < -0.4 is 14.8 Å². The van der Waals surface area contributed by atoms with Gasteiger partial charge in [-0.2, -0.15) is 0 Å². The number of benzene rings is 3. The Morgan fingerprint density at radius 2 is 2.03 bits per heavy atom. The number of rotatable bonds is 7. The first-order chi connectivity index (χ1) is 16.6. The predicted molar refractivity (Wildman–Crippen MR) is 136 cm³/mol. The Morgan fingerprint density at radius 1 is 1.15 bits per heavy atom. The first-order valence-corrected chi connectivity index (χ1v) is 12.3. The molecule has 174 valence electrons. The highest BCUT2D eigenvalue weighted by Gasteiger charge is 2.20. The molecule has 1 amide bonds. The number of methoxy groups -OCH3 is 1. The summed E-state index contributed by atoms with van der Waals surface area (Å²) >= 11 is 1.45. The van der Waals surface area contributed by atoms with E-state index in [1.54, 1.807) is 7.11 Å². The van der Waals surface area contributed by atoms with Crippen molar-refractivity contribution in [3.05, 3.63) is 82.4 Å². The minimum Gasteiger partial charge on any atom is -0.497 e. The lowest BCUT2D eigenvalue weighted by Crippen LogP contribution is -2.30. The molecule has 34 heavy (non-hydrogen) atoms. The highest BCUT2D eigenvalue weighted by molar-refractivity contribution is 7.14. The van der Waals surface area contributed by atoms with Gasteiger partial charge in [0.05, 0.1) is 25.0 Å². The van der Waals surface area contributed by atoms with Gasteiger partial charge in [0, 0.05) is 25.0 Å². The third-order valence-electron chi connectivity index (χ3n) is 6.08. The molecule has 0 saturated carbocycles. The van der Waals surface area contributed by atoms with E-state index < -0.39 is 0 Å². The Kier molecular flexibility index (Phi) is 6.47. The SMILES string of the molecule is CCOc1ccc2ccccc2c1C(=O)Nc1nc(CN2CCc3cc(OC)ccc3C2)cs1. The lowest BCUT2D eigenvalue weighted by molar-refractivity contribution is 0.102. The standard InChI is InChI=1S/C27H27N3O3S/c1-3-33-24-11-9-18-6-4-5-7-23(18)25(24)26(31)29-27-28-21(17-34-27)16-30-13-12-19-14-22(32-2)10-8-20(19)15-30/h4-11,14,17H,3,12-13,15-16H2,1-2H3,(H,28,29,31). The average Bonchev–Trinajstić information content (AvgIpc) is 3.30. The van der Waals surface area contributed by atoms with Crippen LogP contribution in [0, 0.1) is 0 Å². The second-order valence-electron chi connectivity index (χ2n) is 8.29. The Bertz CT molecular complexity index is 1330. The third kappa shape index (κ3) is 4.62. The summed E-state index contributed by atoms with van der Waals surface area (Å²) in [4.78, 5) is 20.3. The van der Waals surface area contributed by atoms with Crippen LogP contribution in [-0.2, 0) is 19.5 Å². The van der Waals surface area contributed by atoms with E-state index in [-0.39, 0.29) is 5.91 Å². The molecule has 1 aromatic heterocycles. The summed E-state index contributed by atoms with van der Waals surface area (Å²) in [5.74, 6) is 1.28. The summed E-state index contributed by atoms with van der Waals surface area (Å²) in [6.45, 7) is 5.00. The molecule has 0 saturated heterocycles. The van der Waals surface area contributed by atoms with E-state index >= 15 is 0 Å². The monoisotopic (exact) mass is 473 g/mol. The number of carbonyl (C=O) groups excluding carboxylic acids is 1. The molecular weight excluding hydrogens is 446 g/mol. The van der Waals surface area contributed by atoms with Gasteiger partial charge < -0.3 is 9.47 Å². The molecule has 4 aromatic rings. The van der Waals surface area contributed by atoms with Crippen molar-refractivity contribution in [2.75, 3.05) is 25.6 Å². The van der Waals surface area contributed by atoms with Crippen LogP contribution in [0.1, 0.15) is 34.1 Å². The molecule has 0 aliphatic carbocycles. The normalized spacial score (nSPS) is 13.5. The largest absolute Gasteiger partial charge is 0.497 e. The summed E-state index contributed by atoms with van der Waals surface area (Å²) < 4.78 is 11.1. The molecule has 6 nitrogen and oxygen atoms in total. The van der Waals surface area contributed by atoms with Crippen LogP contribution in [0.5, 0.6) is 11.5 Å². The van der Waals surface area contributed by atoms with Gasteiger partial charge in [-0.15, -0.1) is 11.3 Å². The van der Waals surface area contributed by atoms with Gasteiger partial charge in [-0.05, 0) is 53.4 Å².